The number of carbonyl (C=O) groups excluding carboxylic acids is 1. The van der Waals surface area contributed by atoms with E-state index in [2.05, 4.69) is 9.80 Å². The van der Waals surface area contributed by atoms with Crippen molar-refractivity contribution in [3.63, 3.8) is 0 Å². The molecule has 2 bridgehead atoms. The van der Waals surface area contributed by atoms with Crippen LogP contribution in [0.3, 0.4) is 0 Å². The molecule has 0 radical (unpaired) electrons. The maximum Gasteiger partial charge on any atom is 0.340 e. The fraction of sp³-hybridized carbons (Fsp3) is 0.480. The Kier molecular flexibility index (Phi) is 7.51. The molecular formula is C25H28F4N2O4. The van der Waals surface area contributed by atoms with Gasteiger partial charge in [-0.1, -0.05) is 18.2 Å². The molecule has 2 atom stereocenters. The number of benzene rings is 2. The van der Waals surface area contributed by atoms with Gasteiger partial charge >= 0.3 is 18.3 Å². The summed E-state index contributed by atoms with van der Waals surface area (Å²) in [5.74, 6) is -3.79. The normalized spacial score (nSPS) is 20.4. The van der Waals surface area contributed by atoms with Crippen LogP contribution in [-0.2, 0) is 17.8 Å². The lowest BCUT2D eigenvalue weighted by molar-refractivity contribution is -0.148. The first-order valence-electron chi connectivity index (χ1n) is 11.3. The Morgan fingerprint density at radius 3 is 2.26 bits per heavy atom. The first kappa shape index (κ1) is 25.2. The van der Waals surface area contributed by atoms with Crippen LogP contribution in [0.5, 0.6) is 11.5 Å². The smallest absolute Gasteiger partial charge is 0.340 e. The average Bonchev–Trinajstić information content (AvgIpc) is 3.43. The second kappa shape index (κ2) is 10.4. The molecule has 2 aliphatic heterocycles. The predicted molar refractivity (Wildman–Crippen MR) is 120 cm³/mol. The summed E-state index contributed by atoms with van der Waals surface area (Å²) in [5, 5.41) is 0. The molecule has 0 N–H and O–H groups in total. The Bertz CT molecular complexity index is 1030. The standard InChI is InChI=1S/C25H28F4N2O4/c1-33-22-9-17(23(32)34-2)5-6-18(22)12-31-14-19-10-20(31)13-30(19)11-16-3-7-21(8-4-16)35-15-25(28,29)24(26)27/h3-9,19-20,24H,10-15H2,1-2H3/t19-,20-/m0/s1. The molecule has 0 aromatic heterocycles. The number of esters is 1. The number of ether oxygens (including phenoxy) is 3. The molecule has 190 valence electrons. The number of hydrogen-bond donors (Lipinski definition) is 0. The molecule has 0 unspecified atom stereocenters. The van der Waals surface area contributed by atoms with E-state index in [1.807, 2.05) is 6.07 Å². The van der Waals surface area contributed by atoms with Gasteiger partial charge in [0, 0.05) is 43.8 Å². The van der Waals surface area contributed by atoms with E-state index in [4.69, 9.17) is 14.2 Å². The largest absolute Gasteiger partial charge is 0.496 e. The Hall–Kier alpha value is -2.85. The number of piperazine rings is 1. The van der Waals surface area contributed by atoms with Crippen LogP contribution >= 0.6 is 0 Å². The van der Waals surface area contributed by atoms with Crippen molar-refractivity contribution in [3.05, 3.63) is 59.2 Å². The number of alkyl halides is 4. The van der Waals surface area contributed by atoms with Crippen LogP contribution in [-0.4, -0.2) is 74.1 Å². The minimum atomic E-state index is -4.17. The van der Waals surface area contributed by atoms with E-state index in [1.165, 1.54) is 19.2 Å². The van der Waals surface area contributed by atoms with Crippen molar-refractivity contribution in [2.24, 2.45) is 0 Å². The SMILES string of the molecule is COC(=O)c1ccc(CN2C[C@@H]3C[C@H]2CN3Cc2ccc(OCC(F)(F)C(F)F)cc2)c(OC)c1. The number of halogens is 4. The Morgan fingerprint density at radius 2 is 1.69 bits per heavy atom. The van der Waals surface area contributed by atoms with Crippen LogP contribution in [0.1, 0.15) is 27.9 Å². The van der Waals surface area contributed by atoms with Crippen molar-refractivity contribution < 1.29 is 36.6 Å². The highest BCUT2D eigenvalue weighted by Gasteiger charge is 2.43. The van der Waals surface area contributed by atoms with Crippen molar-refractivity contribution in [2.45, 2.75) is 43.9 Å². The second-order valence-corrected chi connectivity index (χ2v) is 8.91. The van der Waals surface area contributed by atoms with Crippen molar-refractivity contribution in [1.82, 2.24) is 9.80 Å². The molecule has 0 spiro atoms. The Morgan fingerprint density at radius 1 is 1.03 bits per heavy atom. The maximum absolute atomic E-state index is 13.0. The molecule has 10 heteroatoms. The van der Waals surface area contributed by atoms with Crippen LogP contribution in [0.2, 0.25) is 0 Å². The van der Waals surface area contributed by atoms with Gasteiger partial charge in [0.2, 0.25) is 0 Å². The van der Waals surface area contributed by atoms with Crippen molar-refractivity contribution in [3.8, 4) is 11.5 Å². The molecule has 2 saturated heterocycles. The van der Waals surface area contributed by atoms with E-state index < -0.39 is 24.9 Å². The van der Waals surface area contributed by atoms with Crippen LogP contribution in [0.15, 0.2) is 42.5 Å². The first-order chi connectivity index (χ1) is 16.7. The highest BCUT2D eigenvalue weighted by atomic mass is 19.3. The molecule has 35 heavy (non-hydrogen) atoms. The van der Waals surface area contributed by atoms with E-state index in [0.29, 0.717) is 29.9 Å². The lowest BCUT2D eigenvalue weighted by Crippen LogP contribution is -2.45. The van der Waals surface area contributed by atoms with Crippen LogP contribution < -0.4 is 9.47 Å². The summed E-state index contributed by atoms with van der Waals surface area (Å²) in [6.07, 6.45) is -2.71. The fourth-order valence-electron chi connectivity index (χ4n) is 4.73. The zero-order valence-corrected chi connectivity index (χ0v) is 19.6. The van der Waals surface area contributed by atoms with Gasteiger partial charge in [0.25, 0.3) is 0 Å². The van der Waals surface area contributed by atoms with Gasteiger partial charge in [0.05, 0.1) is 19.8 Å². The number of rotatable bonds is 10. The van der Waals surface area contributed by atoms with E-state index in [9.17, 15) is 22.4 Å². The van der Waals surface area contributed by atoms with Crippen molar-refractivity contribution in [1.29, 1.82) is 0 Å². The third-order valence-electron chi connectivity index (χ3n) is 6.61. The monoisotopic (exact) mass is 496 g/mol. The van der Waals surface area contributed by atoms with Gasteiger partial charge in [-0.2, -0.15) is 8.78 Å². The molecule has 2 aromatic rings. The Balaban J connectivity index is 1.30. The topological polar surface area (TPSA) is 51.2 Å². The molecule has 2 heterocycles. The highest BCUT2D eigenvalue weighted by molar-refractivity contribution is 5.89. The highest BCUT2D eigenvalue weighted by Crippen LogP contribution is 2.34. The summed E-state index contributed by atoms with van der Waals surface area (Å²) in [6, 6.07) is 12.7. The van der Waals surface area contributed by atoms with E-state index in [0.717, 1.165) is 37.2 Å². The van der Waals surface area contributed by atoms with E-state index >= 15 is 0 Å². The van der Waals surface area contributed by atoms with Gasteiger partial charge in [0.1, 0.15) is 11.5 Å². The Labute approximate surface area is 201 Å². The second-order valence-electron chi connectivity index (χ2n) is 8.91. The molecule has 0 saturated carbocycles. The van der Waals surface area contributed by atoms with Gasteiger partial charge in [0.15, 0.2) is 6.61 Å². The number of nitrogens with zero attached hydrogens (tertiary/aromatic N) is 2. The summed E-state index contributed by atoms with van der Waals surface area (Å²) < 4.78 is 65.7. The lowest BCUT2D eigenvalue weighted by atomic mass is 10.1. The maximum atomic E-state index is 13.0. The number of carbonyl (C=O) groups is 1. The summed E-state index contributed by atoms with van der Waals surface area (Å²) in [7, 11) is 2.92. The van der Waals surface area contributed by atoms with Gasteiger partial charge in [-0.3, -0.25) is 9.80 Å². The minimum Gasteiger partial charge on any atom is -0.496 e. The molecule has 2 aromatic carbocycles. The number of hydrogen-bond acceptors (Lipinski definition) is 6. The molecule has 0 aliphatic carbocycles. The average molecular weight is 497 g/mol. The quantitative estimate of drug-likeness (QED) is 0.363. The van der Waals surface area contributed by atoms with Gasteiger partial charge in [-0.05, 0) is 36.2 Å². The van der Waals surface area contributed by atoms with Gasteiger partial charge in [-0.25, -0.2) is 13.6 Å². The number of fused-ring (bicyclic) bond motifs is 2. The molecular weight excluding hydrogens is 468 g/mol. The van der Waals surface area contributed by atoms with Gasteiger partial charge in [-0.15, -0.1) is 0 Å². The number of methoxy groups -OCH3 is 2. The zero-order valence-electron chi connectivity index (χ0n) is 19.6. The molecule has 6 nitrogen and oxygen atoms in total. The van der Waals surface area contributed by atoms with Crippen LogP contribution in [0, 0.1) is 0 Å². The third-order valence-corrected chi connectivity index (χ3v) is 6.61. The lowest BCUT2D eigenvalue weighted by Gasteiger charge is -2.34. The summed E-state index contributed by atoms with van der Waals surface area (Å²) in [5.41, 5.74) is 2.45. The van der Waals surface area contributed by atoms with Crippen LogP contribution in [0.25, 0.3) is 0 Å². The molecule has 2 fully saturated rings. The summed E-state index contributed by atoms with van der Waals surface area (Å²) >= 11 is 0. The van der Waals surface area contributed by atoms with Crippen molar-refractivity contribution in [2.75, 3.05) is 33.9 Å². The molecule has 2 aliphatic rings. The number of likely N-dealkylation sites (tertiary alicyclic amines) is 2. The fourth-order valence-corrected chi connectivity index (χ4v) is 4.73. The van der Waals surface area contributed by atoms with E-state index in [1.54, 1.807) is 31.4 Å². The van der Waals surface area contributed by atoms with Crippen molar-refractivity contribution >= 4 is 5.97 Å². The summed E-state index contributed by atoms with van der Waals surface area (Å²) in [4.78, 5) is 16.6. The predicted octanol–water partition coefficient (Wildman–Crippen LogP) is 4.22. The minimum absolute atomic E-state index is 0.135. The molecule has 0 amide bonds. The third kappa shape index (κ3) is 5.70. The van der Waals surface area contributed by atoms with E-state index in [-0.39, 0.29) is 5.75 Å². The zero-order chi connectivity index (χ0) is 25.2. The van der Waals surface area contributed by atoms with Crippen LogP contribution in [0.4, 0.5) is 17.6 Å². The van der Waals surface area contributed by atoms with Gasteiger partial charge < -0.3 is 14.2 Å². The first-order valence-corrected chi connectivity index (χ1v) is 11.3. The summed E-state index contributed by atoms with van der Waals surface area (Å²) in [6.45, 7) is 1.86. The molecule has 4 rings (SSSR count).